The van der Waals surface area contributed by atoms with Crippen LogP contribution < -0.4 is 15.9 Å². The van der Waals surface area contributed by atoms with Crippen molar-refractivity contribution in [1.29, 1.82) is 0 Å². The number of methoxy groups -OCH3 is 1. The van der Waals surface area contributed by atoms with E-state index >= 15 is 0 Å². The standard InChI is InChI=1S/C27H29BF3N3O3/c1-24(2)15-9-23(24)26(4)25(3,12-15)36-28(37-26)19-10-17(22(35-5)11-18(19)27(29,30)31)14-6-7-16-20(32)13-33-34-21(16)8-14/h6-8,10-11,13,15,23H,9,12H2,1-5H3,(H2,32,34)/t15-,23-,25+,26-/m0/s1. The number of nitrogens with two attached hydrogens (primary N) is 1. The molecule has 0 spiro atoms. The number of aromatic nitrogens is 2. The molecule has 4 fully saturated rings. The normalized spacial score (nSPS) is 30.2. The summed E-state index contributed by atoms with van der Waals surface area (Å²) in [4.78, 5) is 0. The van der Waals surface area contributed by atoms with E-state index in [2.05, 4.69) is 24.0 Å². The number of hydrogen-bond donors (Lipinski definition) is 1. The number of benzene rings is 2. The molecule has 3 aliphatic carbocycles. The number of nitrogens with zero attached hydrogens (tertiary/aromatic N) is 2. The molecule has 0 radical (unpaired) electrons. The van der Waals surface area contributed by atoms with Crippen LogP contribution in [0.1, 0.15) is 46.1 Å². The first kappa shape index (κ1) is 24.5. The fraction of sp³-hybridized carbons (Fsp3) is 0.481. The van der Waals surface area contributed by atoms with Gasteiger partial charge in [-0.3, -0.25) is 0 Å². The molecule has 10 heteroatoms. The molecule has 1 aliphatic heterocycles. The summed E-state index contributed by atoms with van der Waals surface area (Å²) in [5, 5.41) is 8.74. The van der Waals surface area contributed by atoms with E-state index in [1.165, 1.54) is 19.4 Å². The van der Waals surface area contributed by atoms with Crippen molar-refractivity contribution in [3.05, 3.63) is 42.1 Å². The Labute approximate surface area is 213 Å². The fourth-order valence-electron chi connectivity index (χ4n) is 7.00. The number of ether oxygens (including phenoxy) is 1. The first-order chi connectivity index (χ1) is 17.3. The SMILES string of the molecule is COc1cc(C(F)(F)F)c(B2O[C@]3(C)C[C@@H]4C[C@@H](C4(C)C)[C@]3(C)O2)cc1-c1ccc2c(N)cnnc2c1. The summed E-state index contributed by atoms with van der Waals surface area (Å²) in [7, 11) is 0.189. The van der Waals surface area contributed by atoms with Gasteiger partial charge in [-0.05, 0) is 73.2 Å². The minimum Gasteiger partial charge on any atom is -0.496 e. The average molecular weight is 511 g/mol. The lowest BCUT2D eigenvalue weighted by Gasteiger charge is -2.67. The number of halogens is 3. The van der Waals surface area contributed by atoms with E-state index in [0.717, 1.165) is 18.9 Å². The van der Waals surface area contributed by atoms with E-state index in [9.17, 15) is 13.2 Å². The van der Waals surface area contributed by atoms with Gasteiger partial charge in [0.25, 0.3) is 0 Å². The molecule has 2 heterocycles. The summed E-state index contributed by atoms with van der Waals surface area (Å²) >= 11 is 0. The van der Waals surface area contributed by atoms with E-state index < -0.39 is 30.1 Å². The lowest BCUT2D eigenvalue weighted by atomic mass is 9.41. The van der Waals surface area contributed by atoms with Gasteiger partial charge in [0.1, 0.15) is 5.75 Å². The topological polar surface area (TPSA) is 79.5 Å². The van der Waals surface area contributed by atoms with Crippen LogP contribution in [0, 0.1) is 17.3 Å². The zero-order valence-corrected chi connectivity index (χ0v) is 21.4. The highest BCUT2D eigenvalue weighted by Gasteiger charge is 2.73. The van der Waals surface area contributed by atoms with Gasteiger partial charge in [0, 0.05) is 10.9 Å². The van der Waals surface area contributed by atoms with Crippen LogP contribution >= 0.6 is 0 Å². The summed E-state index contributed by atoms with van der Waals surface area (Å²) in [6.07, 6.45) is -1.43. The molecule has 37 heavy (non-hydrogen) atoms. The van der Waals surface area contributed by atoms with Crippen LogP contribution in [-0.2, 0) is 15.5 Å². The molecule has 2 N–H and O–H groups in total. The summed E-state index contributed by atoms with van der Waals surface area (Å²) in [6, 6.07) is 7.81. The third-order valence-electron chi connectivity index (χ3n) is 9.45. The van der Waals surface area contributed by atoms with Gasteiger partial charge in [0.2, 0.25) is 0 Å². The molecule has 194 valence electrons. The maximum Gasteiger partial charge on any atom is 0.495 e. The van der Waals surface area contributed by atoms with Crippen LogP contribution in [0.15, 0.2) is 36.5 Å². The Hall–Kier alpha value is -2.85. The van der Waals surface area contributed by atoms with Crippen molar-refractivity contribution in [2.24, 2.45) is 17.3 Å². The third kappa shape index (κ3) is 3.34. The van der Waals surface area contributed by atoms with Gasteiger partial charge in [-0.15, -0.1) is 0 Å². The molecule has 2 aromatic carbocycles. The molecular weight excluding hydrogens is 482 g/mol. The molecule has 2 bridgehead atoms. The van der Waals surface area contributed by atoms with E-state index in [-0.39, 0.29) is 22.5 Å². The molecule has 6 nitrogen and oxygen atoms in total. The minimum atomic E-state index is -4.63. The Morgan fingerprint density at radius 2 is 1.86 bits per heavy atom. The molecule has 4 atom stereocenters. The second-order valence-corrected chi connectivity index (χ2v) is 11.6. The van der Waals surface area contributed by atoms with Crippen molar-refractivity contribution in [1.82, 2.24) is 10.2 Å². The molecule has 0 unspecified atom stereocenters. The first-order valence-corrected chi connectivity index (χ1v) is 12.4. The molecule has 1 aromatic heterocycles. The quantitative estimate of drug-likeness (QED) is 0.486. The number of rotatable bonds is 3. The van der Waals surface area contributed by atoms with Gasteiger partial charge in [0.15, 0.2) is 0 Å². The van der Waals surface area contributed by atoms with Gasteiger partial charge >= 0.3 is 13.3 Å². The number of hydrogen-bond acceptors (Lipinski definition) is 6. The molecule has 3 aromatic rings. The Morgan fingerprint density at radius 3 is 2.54 bits per heavy atom. The minimum absolute atomic E-state index is 0.0540. The van der Waals surface area contributed by atoms with Gasteiger partial charge in [-0.2, -0.15) is 23.4 Å². The zero-order valence-electron chi connectivity index (χ0n) is 21.4. The number of alkyl halides is 3. The van der Waals surface area contributed by atoms with Gasteiger partial charge in [-0.1, -0.05) is 26.0 Å². The van der Waals surface area contributed by atoms with E-state index in [4.69, 9.17) is 19.8 Å². The second-order valence-electron chi connectivity index (χ2n) is 11.6. The average Bonchev–Trinajstić information content (AvgIpc) is 3.13. The van der Waals surface area contributed by atoms with Crippen LogP contribution in [0.4, 0.5) is 18.9 Å². The Morgan fingerprint density at radius 1 is 1.11 bits per heavy atom. The lowest BCUT2D eigenvalue weighted by Crippen LogP contribution is -2.70. The molecule has 1 saturated heterocycles. The number of fused-ring (bicyclic) bond motifs is 1. The smallest absolute Gasteiger partial charge is 0.495 e. The monoisotopic (exact) mass is 511 g/mol. The number of anilines is 1. The van der Waals surface area contributed by atoms with Crippen molar-refractivity contribution in [2.45, 2.75) is 57.9 Å². The van der Waals surface area contributed by atoms with Crippen molar-refractivity contribution in [2.75, 3.05) is 12.8 Å². The third-order valence-corrected chi connectivity index (χ3v) is 9.45. The summed E-state index contributed by atoms with van der Waals surface area (Å²) in [5.41, 5.74) is 5.87. The van der Waals surface area contributed by atoms with Crippen LogP contribution in [0.25, 0.3) is 22.0 Å². The molecule has 7 rings (SSSR count). The Kier molecular flexibility index (Phi) is 5.03. The second kappa shape index (κ2) is 7.60. The van der Waals surface area contributed by atoms with E-state index in [1.54, 1.807) is 18.2 Å². The van der Waals surface area contributed by atoms with Crippen molar-refractivity contribution >= 4 is 29.2 Å². The largest absolute Gasteiger partial charge is 0.496 e. The molecule has 0 amide bonds. The molecule has 4 aliphatic rings. The van der Waals surface area contributed by atoms with Crippen LogP contribution in [0.5, 0.6) is 5.75 Å². The van der Waals surface area contributed by atoms with Gasteiger partial charge in [-0.25, -0.2) is 0 Å². The first-order valence-electron chi connectivity index (χ1n) is 12.4. The molecule has 3 saturated carbocycles. The van der Waals surface area contributed by atoms with Crippen molar-refractivity contribution < 1.29 is 27.2 Å². The highest BCUT2D eigenvalue weighted by molar-refractivity contribution is 6.63. The highest BCUT2D eigenvalue weighted by Crippen LogP contribution is 2.69. The fourth-order valence-corrected chi connectivity index (χ4v) is 7.00. The summed E-state index contributed by atoms with van der Waals surface area (Å²) in [5.74, 6) is 0.742. The van der Waals surface area contributed by atoms with Crippen LogP contribution in [-0.4, -0.2) is 35.6 Å². The van der Waals surface area contributed by atoms with E-state index in [0.29, 0.717) is 33.6 Å². The Balaban J connectivity index is 1.49. The zero-order chi connectivity index (χ0) is 26.5. The molecular formula is C27H29BF3N3O3. The van der Waals surface area contributed by atoms with Crippen molar-refractivity contribution in [3.8, 4) is 16.9 Å². The predicted molar refractivity (Wildman–Crippen MR) is 135 cm³/mol. The van der Waals surface area contributed by atoms with Gasteiger partial charge in [0.05, 0.1) is 41.3 Å². The Bertz CT molecular complexity index is 1430. The maximum absolute atomic E-state index is 14.4. The van der Waals surface area contributed by atoms with Crippen LogP contribution in [0.3, 0.4) is 0 Å². The summed E-state index contributed by atoms with van der Waals surface area (Å²) < 4.78 is 61.5. The maximum atomic E-state index is 14.4. The van der Waals surface area contributed by atoms with Crippen molar-refractivity contribution in [3.63, 3.8) is 0 Å². The number of nitrogen functional groups attached to an aromatic ring is 1. The summed E-state index contributed by atoms with van der Waals surface area (Å²) in [6.45, 7) is 8.41. The van der Waals surface area contributed by atoms with Crippen LogP contribution in [0.2, 0.25) is 0 Å². The van der Waals surface area contributed by atoms with Gasteiger partial charge < -0.3 is 19.8 Å². The highest BCUT2D eigenvalue weighted by atomic mass is 19.4. The lowest BCUT2D eigenvalue weighted by molar-refractivity contribution is -0.234. The predicted octanol–water partition coefficient (Wildman–Crippen LogP) is 5.23. The van der Waals surface area contributed by atoms with E-state index in [1.807, 2.05) is 13.8 Å².